The van der Waals surface area contributed by atoms with E-state index in [1.807, 2.05) is 0 Å². The first-order chi connectivity index (χ1) is 17.2. The van der Waals surface area contributed by atoms with Crippen molar-refractivity contribution in [2.24, 2.45) is 5.73 Å². The summed E-state index contributed by atoms with van der Waals surface area (Å²) in [5.74, 6) is -1.14. The van der Waals surface area contributed by atoms with Gasteiger partial charge in [0.1, 0.15) is 5.69 Å². The molecule has 1 aliphatic rings. The summed E-state index contributed by atoms with van der Waals surface area (Å²) in [6.45, 7) is 4.21. The molecule has 1 amide bonds. The molecule has 14 nitrogen and oxygen atoms in total. The number of amides is 1. The molecule has 0 unspecified atom stereocenters. The normalized spacial score (nSPS) is 15.2. The van der Waals surface area contributed by atoms with Crippen LogP contribution in [0.3, 0.4) is 0 Å². The summed E-state index contributed by atoms with van der Waals surface area (Å²) >= 11 is 0. The molecule has 2 rings (SSSR count). The highest BCUT2D eigenvalue weighted by molar-refractivity contribution is 7.88. The van der Waals surface area contributed by atoms with Crippen LogP contribution >= 0.6 is 0 Å². The largest absolute Gasteiger partial charge is 0.481 e. The molecule has 1 aromatic rings. The molecule has 0 saturated carbocycles. The first-order valence-electron chi connectivity index (χ1n) is 12.0. The second kappa shape index (κ2) is 15.8. The maximum Gasteiger partial charge on any atom is 0.303 e. The van der Waals surface area contributed by atoms with E-state index in [1.165, 1.54) is 4.31 Å². The van der Waals surface area contributed by atoms with Crippen molar-refractivity contribution < 1.29 is 37.3 Å². The number of carbonyl (C=O) groups excluding carboxylic acids is 1. The lowest BCUT2D eigenvalue weighted by Crippen LogP contribution is -2.34. The number of aromatic nitrogens is 3. The fraction of sp³-hybridized carbons (Fsp3) is 0.810. The second-order valence-corrected chi connectivity index (χ2v) is 10.3. The molecule has 0 atom stereocenters. The first kappa shape index (κ1) is 30.1. The van der Waals surface area contributed by atoms with Crippen LogP contribution in [0.4, 0.5) is 0 Å². The van der Waals surface area contributed by atoms with Gasteiger partial charge in [0.05, 0.1) is 71.2 Å². The minimum Gasteiger partial charge on any atom is -0.481 e. The van der Waals surface area contributed by atoms with Crippen molar-refractivity contribution >= 4 is 21.9 Å². The minimum absolute atomic E-state index is 0.0656. The van der Waals surface area contributed by atoms with Crippen LogP contribution in [0.1, 0.15) is 37.1 Å². The molecule has 2 heterocycles. The fourth-order valence-electron chi connectivity index (χ4n) is 3.61. The lowest BCUT2D eigenvalue weighted by molar-refractivity contribution is -0.137. The summed E-state index contributed by atoms with van der Waals surface area (Å²) in [7, 11) is -3.48. The monoisotopic (exact) mass is 534 g/mol. The van der Waals surface area contributed by atoms with E-state index in [4.69, 9.17) is 25.1 Å². The fourth-order valence-corrected chi connectivity index (χ4v) is 4.43. The van der Waals surface area contributed by atoms with Crippen molar-refractivity contribution in [3.8, 4) is 0 Å². The van der Waals surface area contributed by atoms with Gasteiger partial charge in [-0.05, 0) is 12.8 Å². The van der Waals surface area contributed by atoms with Crippen molar-refractivity contribution in [1.29, 1.82) is 0 Å². The maximum atomic E-state index is 12.8. The van der Waals surface area contributed by atoms with Gasteiger partial charge in [0.2, 0.25) is 15.9 Å². The van der Waals surface area contributed by atoms with Gasteiger partial charge in [0.15, 0.2) is 0 Å². The van der Waals surface area contributed by atoms with E-state index in [9.17, 15) is 18.0 Å². The van der Waals surface area contributed by atoms with Crippen molar-refractivity contribution in [2.75, 3.05) is 65.5 Å². The van der Waals surface area contributed by atoms with Crippen LogP contribution in [-0.4, -0.2) is 115 Å². The molecule has 206 valence electrons. The minimum atomic E-state index is -3.48. The predicted octanol–water partition coefficient (Wildman–Crippen LogP) is -0.965. The van der Waals surface area contributed by atoms with Crippen molar-refractivity contribution in [2.45, 2.75) is 45.3 Å². The van der Waals surface area contributed by atoms with E-state index in [-0.39, 0.29) is 44.8 Å². The maximum absolute atomic E-state index is 12.8. The van der Waals surface area contributed by atoms with Gasteiger partial charge < -0.3 is 30.0 Å². The van der Waals surface area contributed by atoms with Crippen molar-refractivity contribution in [3.63, 3.8) is 0 Å². The molecule has 0 radical (unpaired) electrons. The smallest absolute Gasteiger partial charge is 0.303 e. The Kier molecular flexibility index (Phi) is 13.2. The average molecular weight is 535 g/mol. The first-order valence-corrected chi connectivity index (χ1v) is 13.9. The average Bonchev–Trinajstić information content (AvgIpc) is 3.21. The van der Waals surface area contributed by atoms with E-state index in [2.05, 4.69) is 10.3 Å². The zero-order valence-electron chi connectivity index (χ0n) is 20.8. The van der Waals surface area contributed by atoms with E-state index in [0.29, 0.717) is 77.1 Å². The number of carboxylic acid groups (broad SMARTS) is 1. The highest BCUT2D eigenvalue weighted by atomic mass is 32.2. The standard InChI is InChI=1S/C21H38N6O8S/c1-36(31,32)26-8-3-7-25(20(28)4-2-5-21(29)30)17-19-18(16-26)23-24-27(19)9-11-34-13-15-35-14-12-33-10-6-22/h2-17,22H2,1H3,(H,29,30). The highest BCUT2D eigenvalue weighted by Crippen LogP contribution is 2.18. The predicted molar refractivity (Wildman–Crippen MR) is 128 cm³/mol. The molecule has 0 bridgehead atoms. The van der Waals surface area contributed by atoms with Gasteiger partial charge in [0, 0.05) is 32.5 Å². The van der Waals surface area contributed by atoms with Gasteiger partial charge >= 0.3 is 5.97 Å². The van der Waals surface area contributed by atoms with Crippen molar-refractivity contribution in [3.05, 3.63) is 11.4 Å². The summed E-state index contributed by atoms with van der Waals surface area (Å²) in [5.41, 5.74) is 6.45. The number of fused-ring (bicyclic) bond motifs is 1. The number of nitrogens with two attached hydrogens (primary N) is 1. The van der Waals surface area contributed by atoms with Crippen LogP contribution in [0.5, 0.6) is 0 Å². The Balaban J connectivity index is 1.98. The van der Waals surface area contributed by atoms with Gasteiger partial charge in [-0.15, -0.1) is 5.10 Å². The number of aliphatic carboxylic acids is 1. The van der Waals surface area contributed by atoms with Crippen LogP contribution in [0, 0.1) is 0 Å². The molecule has 0 spiro atoms. The molecule has 36 heavy (non-hydrogen) atoms. The Morgan fingerprint density at radius 1 is 1.00 bits per heavy atom. The Bertz CT molecular complexity index is 926. The Hall–Kier alpha value is -2.17. The molecule has 3 N–H and O–H groups in total. The third-order valence-corrected chi connectivity index (χ3v) is 6.73. The van der Waals surface area contributed by atoms with Gasteiger partial charge in [-0.1, -0.05) is 5.21 Å². The molecule has 0 fully saturated rings. The third kappa shape index (κ3) is 10.8. The molecule has 0 saturated heterocycles. The van der Waals surface area contributed by atoms with Crippen LogP contribution in [0.2, 0.25) is 0 Å². The zero-order valence-corrected chi connectivity index (χ0v) is 21.7. The number of sulfonamides is 1. The molecular formula is C21H38N6O8S. The van der Waals surface area contributed by atoms with Gasteiger partial charge in [-0.2, -0.15) is 4.31 Å². The zero-order chi connectivity index (χ0) is 26.4. The highest BCUT2D eigenvalue weighted by Gasteiger charge is 2.27. The Morgan fingerprint density at radius 3 is 2.31 bits per heavy atom. The van der Waals surface area contributed by atoms with Crippen LogP contribution in [0.25, 0.3) is 0 Å². The summed E-state index contributed by atoms with van der Waals surface area (Å²) < 4.78 is 43.7. The van der Waals surface area contributed by atoms with E-state index < -0.39 is 16.0 Å². The van der Waals surface area contributed by atoms with E-state index in [0.717, 1.165) is 6.26 Å². The molecule has 0 aliphatic carbocycles. The molecule has 1 aromatic heterocycles. The van der Waals surface area contributed by atoms with Crippen LogP contribution in [-0.2, 0) is 53.5 Å². The molecular weight excluding hydrogens is 496 g/mol. The quantitative estimate of drug-likeness (QED) is 0.249. The molecule has 15 heteroatoms. The topological polar surface area (TPSA) is 179 Å². The summed E-state index contributed by atoms with van der Waals surface area (Å²) in [4.78, 5) is 25.2. The Labute approximate surface area is 211 Å². The summed E-state index contributed by atoms with van der Waals surface area (Å²) in [5, 5.41) is 17.2. The van der Waals surface area contributed by atoms with Gasteiger partial charge in [-0.25, -0.2) is 13.1 Å². The Morgan fingerprint density at radius 2 is 1.67 bits per heavy atom. The number of ether oxygens (including phenoxy) is 3. The van der Waals surface area contributed by atoms with E-state index >= 15 is 0 Å². The number of hydrogen-bond acceptors (Lipinski definition) is 10. The number of hydrogen-bond donors (Lipinski definition) is 2. The number of nitrogens with zero attached hydrogens (tertiary/aromatic N) is 5. The number of carboxylic acids is 1. The van der Waals surface area contributed by atoms with Crippen LogP contribution < -0.4 is 5.73 Å². The summed E-state index contributed by atoms with van der Waals surface area (Å²) in [6, 6.07) is 0. The van der Waals surface area contributed by atoms with Gasteiger partial charge in [-0.3, -0.25) is 9.59 Å². The molecule has 1 aliphatic heterocycles. The van der Waals surface area contributed by atoms with E-state index in [1.54, 1.807) is 9.58 Å². The lowest BCUT2D eigenvalue weighted by atomic mass is 10.2. The van der Waals surface area contributed by atoms with Crippen LogP contribution in [0.15, 0.2) is 0 Å². The van der Waals surface area contributed by atoms with Crippen molar-refractivity contribution in [1.82, 2.24) is 24.2 Å². The SMILES string of the molecule is CS(=O)(=O)N1CCCN(C(=O)CCCC(=O)O)Cc2c(nnn2CCOCCOCCOCCN)C1. The number of rotatable bonds is 16. The number of carbonyl (C=O) groups is 2. The summed E-state index contributed by atoms with van der Waals surface area (Å²) in [6.07, 6.45) is 1.84. The third-order valence-electron chi connectivity index (χ3n) is 5.48. The second-order valence-electron chi connectivity index (χ2n) is 8.34. The lowest BCUT2D eigenvalue weighted by Gasteiger charge is -2.23. The molecule has 0 aromatic carbocycles. The van der Waals surface area contributed by atoms with Gasteiger partial charge in [0.25, 0.3) is 0 Å².